The van der Waals surface area contributed by atoms with E-state index < -0.39 is 0 Å². The molecule has 0 unspecified atom stereocenters. The lowest BCUT2D eigenvalue weighted by Crippen LogP contribution is -2.38. The van der Waals surface area contributed by atoms with Gasteiger partial charge in [-0.3, -0.25) is 9.59 Å². The molecule has 2 amide bonds. The maximum absolute atomic E-state index is 12.5. The van der Waals surface area contributed by atoms with Gasteiger partial charge in [-0.1, -0.05) is 41.7 Å². The van der Waals surface area contributed by atoms with Gasteiger partial charge < -0.3 is 15.0 Å². The molecule has 28 heavy (non-hydrogen) atoms. The van der Waals surface area contributed by atoms with Gasteiger partial charge in [-0.2, -0.15) is 0 Å². The van der Waals surface area contributed by atoms with E-state index in [1.807, 2.05) is 25.1 Å². The van der Waals surface area contributed by atoms with Gasteiger partial charge in [0.2, 0.25) is 16.9 Å². The Morgan fingerprint density at radius 3 is 2.89 bits per heavy atom. The Morgan fingerprint density at radius 2 is 2.14 bits per heavy atom. The van der Waals surface area contributed by atoms with E-state index in [9.17, 15) is 9.59 Å². The smallest absolute Gasteiger partial charge is 0.231 e. The second-order valence-electron chi connectivity index (χ2n) is 6.72. The number of amides is 2. The highest BCUT2D eigenvalue weighted by Gasteiger charge is 2.36. The van der Waals surface area contributed by atoms with Gasteiger partial charge in [0.1, 0.15) is 5.01 Å². The second-order valence-corrected chi connectivity index (χ2v) is 8.77. The van der Waals surface area contributed by atoms with Crippen LogP contribution in [-0.2, 0) is 25.8 Å². The fourth-order valence-electron chi connectivity index (χ4n) is 3.06. The van der Waals surface area contributed by atoms with Crippen LogP contribution in [0.5, 0.6) is 0 Å². The molecule has 0 spiro atoms. The monoisotopic (exact) mass is 420 g/mol. The standard InChI is InChI=1S/C19H24N4O3S2/c1-13(10-26-2)23-9-15(8-17(23)24)18(25)20-19-22-21-16(28-19)12-27-11-14-6-4-3-5-7-14/h3-7,13,15H,8-12H2,1-2H3,(H,20,22,25)/t13-,15+/m1/s1. The van der Waals surface area contributed by atoms with Crippen LogP contribution in [0.4, 0.5) is 5.13 Å². The zero-order valence-electron chi connectivity index (χ0n) is 16.0. The summed E-state index contributed by atoms with van der Waals surface area (Å²) in [5.41, 5.74) is 1.27. The number of aromatic nitrogens is 2. The van der Waals surface area contributed by atoms with Crippen LogP contribution in [0.2, 0.25) is 0 Å². The highest BCUT2D eigenvalue weighted by atomic mass is 32.2. The average Bonchev–Trinajstić information content (AvgIpc) is 3.29. The van der Waals surface area contributed by atoms with Crippen molar-refractivity contribution in [3.8, 4) is 0 Å². The summed E-state index contributed by atoms with van der Waals surface area (Å²) in [7, 11) is 1.60. The first-order valence-electron chi connectivity index (χ1n) is 9.10. The van der Waals surface area contributed by atoms with Crippen molar-refractivity contribution in [3.05, 3.63) is 40.9 Å². The van der Waals surface area contributed by atoms with Crippen LogP contribution >= 0.6 is 23.1 Å². The molecule has 1 aliphatic heterocycles. The summed E-state index contributed by atoms with van der Waals surface area (Å²) in [5, 5.41) is 12.4. The third-order valence-electron chi connectivity index (χ3n) is 4.50. The van der Waals surface area contributed by atoms with E-state index in [2.05, 4.69) is 27.6 Å². The van der Waals surface area contributed by atoms with Gasteiger partial charge in [0.05, 0.1) is 18.6 Å². The summed E-state index contributed by atoms with van der Waals surface area (Å²) in [6, 6.07) is 10.2. The van der Waals surface area contributed by atoms with Crippen LogP contribution in [0.3, 0.4) is 0 Å². The van der Waals surface area contributed by atoms with Gasteiger partial charge >= 0.3 is 0 Å². The first-order valence-corrected chi connectivity index (χ1v) is 11.1. The molecule has 1 N–H and O–H groups in total. The quantitative estimate of drug-likeness (QED) is 0.672. The number of nitrogens with one attached hydrogen (secondary N) is 1. The molecule has 7 nitrogen and oxygen atoms in total. The Morgan fingerprint density at radius 1 is 1.36 bits per heavy atom. The molecule has 9 heteroatoms. The van der Waals surface area contributed by atoms with E-state index in [1.165, 1.54) is 16.9 Å². The first-order chi connectivity index (χ1) is 13.6. The molecule has 0 aliphatic carbocycles. The average molecular weight is 421 g/mol. The molecule has 2 heterocycles. The van der Waals surface area contributed by atoms with Crippen LogP contribution in [0.25, 0.3) is 0 Å². The van der Waals surface area contributed by atoms with Gasteiger partial charge in [0, 0.05) is 31.6 Å². The molecule has 1 aliphatic rings. The van der Waals surface area contributed by atoms with Crippen LogP contribution in [-0.4, -0.2) is 53.2 Å². The Hall–Kier alpha value is -1.97. The van der Waals surface area contributed by atoms with Gasteiger partial charge in [-0.05, 0) is 12.5 Å². The molecule has 150 valence electrons. The topological polar surface area (TPSA) is 84.4 Å². The Kier molecular flexibility index (Phi) is 7.41. The summed E-state index contributed by atoms with van der Waals surface area (Å²) in [4.78, 5) is 26.4. The van der Waals surface area contributed by atoms with Gasteiger partial charge in [0.15, 0.2) is 0 Å². The lowest BCUT2D eigenvalue weighted by atomic mass is 10.1. The first kappa shape index (κ1) is 20.8. The Labute approximate surface area is 172 Å². The van der Waals surface area contributed by atoms with Crippen LogP contribution < -0.4 is 5.32 Å². The Balaban J connectivity index is 1.47. The third-order valence-corrected chi connectivity index (χ3v) is 6.54. The largest absolute Gasteiger partial charge is 0.383 e. The molecule has 1 aromatic carbocycles. The van der Waals surface area contributed by atoms with E-state index in [1.54, 1.807) is 23.8 Å². The number of carbonyl (C=O) groups is 2. The maximum Gasteiger partial charge on any atom is 0.231 e. The molecule has 1 saturated heterocycles. The number of likely N-dealkylation sites (tertiary alicyclic amines) is 1. The lowest BCUT2D eigenvalue weighted by molar-refractivity contribution is -0.130. The summed E-state index contributed by atoms with van der Waals surface area (Å²) in [6.45, 7) is 2.79. The fourth-order valence-corrected chi connectivity index (χ4v) is 4.85. The summed E-state index contributed by atoms with van der Waals surface area (Å²) < 4.78 is 5.11. The number of ether oxygens (including phenoxy) is 1. The van der Waals surface area contributed by atoms with Crippen molar-refractivity contribution in [2.75, 3.05) is 25.6 Å². The number of benzene rings is 1. The van der Waals surface area contributed by atoms with E-state index >= 15 is 0 Å². The van der Waals surface area contributed by atoms with Crippen molar-refractivity contribution in [1.82, 2.24) is 15.1 Å². The normalized spacial score (nSPS) is 17.7. The molecular formula is C19H24N4O3S2. The van der Waals surface area contributed by atoms with Crippen LogP contribution in [0.1, 0.15) is 23.9 Å². The predicted octanol–water partition coefficient (Wildman–Crippen LogP) is 2.79. The van der Waals surface area contributed by atoms with Crippen molar-refractivity contribution in [3.63, 3.8) is 0 Å². The van der Waals surface area contributed by atoms with Crippen LogP contribution in [0.15, 0.2) is 30.3 Å². The highest BCUT2D eigenvalue weighted by Crippen LogP contribution is 2.25. The number of nitrogens with zero attached hydrogens (tertiary/aromatic N) is 3. The SMILES string of the molecule is COC[C@@H](C)N1C[C@@H](C(=O)Nc2nnc(CSCc3ccccc3)s2)CC1=O. The number of methoxy groups -OCH3 is 1. The zero-order valence-corrected chi connectivity index (χ0v) is 17.6. The van der Waals surface area contributed by atoms with E-state index in [0.717, 1.165) is 16.5 Å². The van der Waals surface area contributed by atoms with E-state index in [0.29, 0.717) is 18.3 Å². The summed E-state index contributed by atoms with van der Waals surface area (Å²) in [6.07, 6.45) is 0.221. The number of hydrogen-bond donors (Lipinski definition) is 1. The number of thioether (sulfide) groups is 1. The maximum atomic E-state index is 12.5. The van der Waals surface area contributed by atoms with Crippen molar-refractivity contribution in [2.24, 2.45) is 5.92 Å². The number of hydrogen-bond acceptors (Lipinski definition) is 7. The van der Waals surface area contributed by atoms with Crippen molar-refractivity contribution in [2.45, 2.75) is 30.9 Å². The van der Waals surface area contributed by atoms with Gasteiger partial charge in [-0.25, -0.2) is 0 Å². The van der Waals surface area contributed by atoms with Crippen LogP contribution in [0, 0.1) is 5.92 Å². The molecule has 2 atom stereocenters. The molecular weight excluding hydrogens is 396 g/mol. The molecule has 0 saturated carbocycles. The van der Waals surface area contributed by atoms with Gasteiger partial charge in [0.25, 0.3) is 0 Å². The predicted molar refractivity (Wildman–Crippen MR) is 111 cm³/mol. The molecule has 1 aromatic heterocycles. The fraction of sp³-hybridized carbons (Fsp3) is 0.474. The van der Waals surface area contributed by atoms with Crippen molar-refractivity contribution >= 4 is 40.0 Å². The number of carbonyl (C=O) groups excluding carboxylic acids is 2. The molecule has 3 rings (SSSR count). The lowest BCUT2D eigenvalue weighted by Gasteiger charge is -2.23. The van der Waals surface area contributed by atoms with Gasteiger partial charge in [-0.15, -0.1) is 22.0 Å². The highest BCUT2D eigenvalue weighted by molar-refractivity contribution is 7.97. The van der Waals surface area contributed by atoms with Crippen molar-refractivity contribution < 1.29 is 14.3 Å². The summed E-state index contributed by atoms with van der Waals surface area (Å²) in [5.74, 6) is 1.08. The van der Waals surface area contributed by atoms with Crippen molar-refractivity contribution in [1.29, 1.82) is 0 Å². The van der Waals surface area contributed by atoms with E-state index in [-0.39, 0.29) is 30.2 Å². The minimum atomic E-state index is -0.369. The minimum absolute atomic E-state index is 0.0139. The number of anilines is 1. The molecule has 2 aromatic rings. The molecule has 0 radical (unpaired) electrons. The minimum Gasteiger partial charge on any atom is -0.383 e. The third kappa shape index (κ3) is 5.52. The molecule has 0 bridgehead atoms. The zero-order chi connectivity index (χ0) is 19.9. The Bertz CT molecular complexity index is 799. The summed E-state index contributed by atoms with van der Waals surface area (Å²) >= 11 is 3.14. The molecule has 1 fully saturated rings. The van der Waals surface area contributed by atoms with E-state index in [4.69, 9.17) is 4.74 Å². The number of rotatable bonds is 9. The second kappa shape index (κ2) is 9.99.